The largest absolute Gasteiger partial charge is 0.309 e. The van der Waals surface area contributed by atoms with Crippen LogP contribution in [-0.2, 0) is 0 Å². The zero-order chi connectivity index (χ0) is 37.4. The molecule has 2 heteroatoms. The quantitative estimate of drug-likeness (QED) is 0.177. The van der Waals surface area contributed by atoms with Gasteiger partial charge in [-0.15, -0.1) is 0 Å². The summed E-state index contributed by atoms with van der Waals surface area (Å²) in [7, 11) is 0. The molecule has 8 aromatic carbocycles. The molecule has 0 aliphatic rings. The van der Waals surface area contributed by atoms with E-state index >= 15 is 0 Å². The predicted molar refractivity (Wildman–Crippen MR) is 211 cm³/mol. The first-order valence-corrected chi connectivity index (χ1v) is 16.8. The number of benzene rings is 8. The van der Waals surface area contributed by atoms with E-state index in [9.17, 15) is 0 Å². The number of fused-ring (bicyclic) bond motifs is 6. The first-order valence-electron chi connectivity index (χ1n) is 19.3. The number of nitrogens with zero attached hydrogens (tertiary/aromatic N) is 2. The summed E-state index contributed by atoms with van der Waals surface area (Å²) in [4.78, 5) is 0. The molecule has 10 rings (SSSR count). The Balaban J connectivity index is 1.08. The predicted octanol–water partition coefficient (Wildman–Crippen LogP) is 12.9. The third-order valence-corrected chi connectivity index (χ3v) is 9.80. The molecule has 0 aliphatic heterocycles. The van der Waals surface area contributed by atoms with Crippen molar-refractivity contribution in [1.29, 1.82) is 0 Å². The van der Waals surface area contributed by atoms with Gasteiger partial charge in [0.25, 0.3) is 0 Å². The molecule has 2 nitrogen and oxygen atoms in total. The number of rotatable bonds is 5. The number of hydrogen-bond donors (Lipinski definition) is 0. The van der Waals surface area contributed by atoms with Gasteiger partial charge in [0, 0.05) is 32.9 Å². The lowest BCUT2D eigenvalue weighted by Crippen LogP contribution is -1.94. The van der Waals surface area contributed by atoms with Gasteiger partial charge < -0.3 is 9.13 Å². The molecule has 0 unspecified atom stereocenters. The zero-order valence-electron chi connectivity index (χ0n) is 32.0. The summed E-state index contributed by atoms with van der Waals surface area (Å²) in [5.74, 6) is 0. The molecule has 0 fully saturated rings. The van der Waals surface area contributed by atoms with Gasteiger partial charge in [-0.25, -0.2) is 0 Å². The summed E-state index contributed by atoms with van der Waals surface area (Å²) in [6.45, 7) is 0. The Morgan fingerprint density at radius 3 is 1.42 bits per heavy atom. The van der Waals surface area contributed by atoms with Gasteiger partial charge in [-0.1, -0.05) is 133 Å². The lowest BCUT2D eigenvalue weighted by atomic mass is 10.0. The van der Waals surface area contributed by atoms with E-state index in [4.69, 9.17) is 6.85 Å². The Morgan fingerprint density at radius 1 is 0.300 bits per heavy atom. The molecule has 10 aromatic rings. The second-order valence-corrected chi connectivity index (χ2v) is 12.6. The number of para-hydroxylation sites is 2. The standard InChI is InChI=1S/C48H32N2/c1-3-12-33(13-4-1)35-22-26-39(27-23-35)49-45-20-9-7-18-41(45)43-31-37(24-28-47(43)49)38-25-29-48-44(32-38)42-19-8-10-21-46(42)50(48)40-17-11-16-36(30-40)34-14-5-2-6-15-34/h1-32H/i1D,3D,4D,12D,13D. The highest BCUT2D eigenvalue weighted by atomic mass is 15.0. The highest BCUT2D eigenvalue weighted by Crippen LogP contribution is 2.39. The Labute approximate surface area is 297 Å². The minimum atomic E-state index is -0.392. The topological polar surface area (TPSA) is 9.86 Å². The fourth-order valence-corrected chi connectivity index (χ4v) is 7.49. The number of hydrogen-bond acceptors (Lipinski definition) is 0. The SMILES string of the molecule is [2H]c1c([2H])c([2H])c(-c2ccc(-n3c4ccccc4c4cc(-c5ccc6c(c5)c5ccccc5n6-c5cccc(-c6ccccc6)c5)ccc43)cc2)c([2H])c1[2H]. The van der Waals surface area contributed by atoms with E-state index in [0.717, 1.165) is 55.3 Å². The van der Waals surface area contributed by atoms with Crippen LogP contribution in [0.15, 0.2) is 194 Å². The van der Waals surface area contributed by atoms with Crippen molar-refractivity contribution in [2.75, 3.05) is 0 Å². The van der Waals surface area contributed by atoms with Gasteiger partial charge >= 0.3 is 0 Å². The molecule has 0 aliphatic carbocycles. The average molecular weight is 642 g/mol. The Bertz CT molecular complexity index is 3110. The van der Waals surface area contributed by atoms with E-state index in [1.807, 2.05) is 36.4 Å². The fraction of sp³-hybridized carbons (Fsp3) is 0. The van der Waals surface area contributed by atoms with E-state index < -0.39 is 6.04 Å². The molecule has 50 heavy (non-hydrogen) atoms. The summed E-state index contributed by atoms with van der Waals surface area (Å²) in [5.41, 5.74) is 11.9. The Kier molecular flexibility index (Phi) is 5.44. The molecule has 0 saturated heterocycles. The average Bonchev–Trinajstić information content (AvgIpc) is 3.75. The van der Waals surface area contributed by atoms with Crippen molar-refractivity contribution in [3.8, 4) is 44.8 Å². The van der Waals surface area contributed by atoms with Gasteiger partial charge in [0.15, 0.2) is 0 Å². The van der Waals surface area contributed by atoms with Gasteiger partial charge in [-0.2, -0.15) is 0 Å². The van der Waals surface area contributed by atoms with Crippen LogP contribution in [0.2, 0.25) is 0 Å². The van der Waals surface area contributed by atoms with Crippen LogP contribution in [-0.4, -0.2) is 9.13 Å². The highest BCUT2D eigenvalue weighted by molar-refractivity contribution is 6.12. The van der Waals surface area contributed by atoms with Crippen LogP contribution in [0.1, 0.15) is 6.85 Å². The molecular weight excluding hydrogens is 605 g/mol. The van der Waals surface area contributed by atoms with Crippen molar-refractivity contribution in [3.05, 3.63) is 194 Å². The maximum Gasteiger partial charge on any atom is 0.0629 e. The first-order chi connectivity index (χ1) is 26.9. The van der Waals surface area contributed by atoms with Crippen LogP contribution in [0.25, 0.3) is 88.4 Å². The smallest absolute Gasteiger partial charge is 0.0629 e. The van der Waals surface area contributed by atoms with Crippen molar-refractivity contribution in [1.82, 2.24) is 9.13 Å². The van der Waals surface area contributed by atoms with Gasteiger partial charge in [0.1, 0.15) is 0 Å². The summed E-state index contributed by atoms with van der Waals surface area (Å²) < 4.78 is 45.7. The van der Waals surface area contributed by atoms with Crippen molar-refractivity contribution in [3.63, 3.8) is 0 Å². The van der Waals surface area contributed by atoms with Gasteiger partial charge in [-0.05, 0) is 94.0 Å². The monoisotopic (exact) mass is 641 g/mol. The third-order valence-electron chi connectivity index (χ3n) is 9.80. The van der Waals surface area contributed by atoms with Crippen molar-refractivity contribution in [2.45, 2.75) is 0 Å². The van der Waals surface area contributed by atoms with Crippen LogP contribution < -0.4 is 0 Å². The molecular formula is C48H32N2. The normalized spacial score (nSPS) is 13.0. The molecule has 0 radical (unpaired) electrons. The summed E-state index contributed by atoms with van der Waals surface area (Å²) in [5, 5.41) is 4.65. The van der Waals surface area contributed by atoms with Crippen LogP contribution in [0.5, 0.6) is 0 Å². The molecule has 0 spiro atoms. The molecule has 0 atom stereocenters. The van der Waals surface area contributed by atoms with Gasteiger partial charge in [0.2, 0.25) is 0 Å². The van der Waals surface area contributed by atoms with Gasteiger partial charge in [0.05, 0.1) is 28.9 Å². The third kappa shape index (κ3) is 4.57. The summed E-state index contributed by atoms with van der Waals surface area (Å²) in [6, 6.07) is 55.7. The zero-order valence-corrected chi connectivity index (χ0v) is 27.0. The van der Waals surface area contributed by atoms with Crippen molar-refractivity contribution >= 4 is 43.6 Å². The van der Waals surface area contributed by atoms with Crippen LogP contribution >= 0.6 is 0 Å². The summed E-state index contributed by atoms with van der Waals surface area (Å²) in [6.07, 6.45) is 0. The Hall–Kier alpha value is -6.64. The van der Waals surface area contributed by atoms with E-state index in [1.54, 1.807) is 0 Å². The summed E-state index contributed by atoms with van der Waals surface area (Å²) >= 11 is 0. The van der Waals surface area contributed by atoms with Gasteiger partial charge in [-0.3, -0.25) is 0 Å². The van der Waals surface area contributed by atoms with E-state index in [0.29, 0.717) is 5.56 Å². The first kappa shape index (κ1) is 23.6. The van der Waals surface area contributed by atoms with Crippen molar-refractivity contribution < 1.29 is 6.85 Å². The lowest BCUT2D eigenvalue weighted by molar-refractivity contribution is 1.18. The minimum absolute atomic E-state index is 0.199. The van der Waals surface area contributed by atoms with Crippen molar-refractivity contribution in [2.24, 2.45) is 0 Å². The minimum Gasteiger partial charge on any atom is -0.309 e. The molecule has 0 amide bonds. The molecule has 0 bridgehead atoms. The van der Waals surface area contributed by atoms with Crippen LogP contribution in [0, 0.1) is 0 Å². The molecule has 234 valence electrons. The second kappa shape index (κ2) is 11.5. The molecule has 0 N–H and O–H groups in total. The highest BCUT2D eigenvalue weighted by Gasteiger charge is 2.16. The second-order valence-electron chi connectivity index (χ2n) is 12.6. The molecule has 2 aromatic heterocycles. The fourth-order valence-electron chi connectivity index (χ4n) is 7.49. The maximum atomic E-state index is 8.46. The van der Waals surface area contributed by atoms with E-state index in [-0.39, 0.29) is 29.7 Å². The molecule has 2 heterocycles. The maximum absolute atomic E-state index is 8.46. The Morgan fingerprint density at radius 2 is 0.780 bits per heavy atom. The van der Waals surface area contributed by atoms with E-state index in [1.165, 1.54) is 21.9 Å². The number of aromatic nitrogens is 2. The van der Waals surface area contributed by atoms with E-state index in [2.05, 4.69) is 137 Å². The lowest BCUT2D eigenvalue weighted by Gasteiger charge is -2.11. The van der Waals surface area contributed by atoms with Crippen LogP contribution in [0.3, 0.4) is 0 Å². The van der Waals surface area contributed by atoms with Crippen LogP contribution in [0.4, 0.5) is 0 Å². The molecule has 0 saturated carbocycles.